The molecule has 1 rings (SSSR count). The maximum atomic E-state index is 12.9. The van der Waals surface area contributed by atoms with Crippen molar-refractivity contribution >= 4 is 11.6 Å². The third-order valence-corrected chi connectivity index (χ3v) is 2.93. The van der Waals surface area contributed by atoms with Gasteiger partial charge in [-0.15, -0.1) is 0 Å². The van der Waals surface area contributed by atoms with Gasteiger partial charge in [0.25, 0.3) is 0 Å². The van der Waals surface area contributed by atoms with E-state index in [1.54, 1.807) is 4.90 Å². The first-order valence-electron chi connectivity index (χ1n) is 6.39. The molecule has 1 heterocycles. The Morgan fingerprint density at radius 2 is 1.95 bits per heavy atom. The van der Waals surface area contributed by atoms with Crippen LogP contribution < -0.4 is 10.6 Å². The van der Waals surface area contributed by atoms with Crippen molar-refractivity contribution in [1.29, 1.82) is 0 Å². The average Bonchev–Trinajstić information content (AvgIpc) is 2.38. The molecule has 1 aromatic heterocycles. The summed E-state index contributed by atoms with van der Waals surface area (Å²) in [6, 6.07) is 1.64. The molecule has 0 fully saturated rings. The van der Waals surface area contributed by atoms with Gasteiger partial charge in [-0.3, -0.25) is 0 Å². The van der Waals surface area contributed by atoms with Crippen molar-refractivity contribution in [2.45, 2.75) is 19.1 Å². The van der Waals surface area contributed by atoms with Gasteiger partial charge in [0.05, 0.1) is 24.8 Å². The zero-order chi connectivity index (χ0) is 16.0. The molecule has 1 atom stereocenters. The summed E-state index contributed by atoms with van der Waals surface area (Å²) in [6.45, 7) is 2.92. The summed E-state index contributed by atoms with van der Waals surface area (Å²) >= 11 is 0. The van der Waals surface area contributed by atoms with Gasteiger partial charge in [0, 0.05) is 20.8 Å². The fourth-order valence-electron chi connectivity index (χ4n) is 1.93. The number of alkyl halides is 3. The number of hydrogen-bond acceptors (Lipinski definition) is 5. The Hall–Kier alpha value is -1.54. The molecule has 21 heavy (non-hydrogen) atoms. The zero-order valence-corrected chi connectivity index (χ0v) is 12.3. The number of nitrogens with zero attached hydrogens (tertiary/aromatic N) is 2. The molecular formula is C13H20F3N3O2. The van der Waals surface area contributed by atoms with Crippen LogP contribution in [0.3, 0.4) is 0 Å². The molecule has 0 aliphatic carbocycles. The SMILES string of the molecule is COCCN(c1cc(C(F)(F)F)cc(N)n1)C(C)COC. The summed E-state index contributed by atoms with van der Waals surface area (Å²) in [5, 5.41) is 0. The Morgan fingerprint density at radius 1 is 1.29 bits per heavy atom. The second-order valence-electron chi connectivity index (χ2n) is 4.63. The molecular weight excluding hydrogens is 287 g/mol. The molecule has 2 N–H and O–H groups in total. The molecule has 0 bridgehead atoms. The highest BCUT2D eigenvalue weighted by molar-refractivity contribution is 5.50. The third kappa shape index (κ3) is 5.05. The summed E-state index contributed by atoms with van der Waals surface area (Å²) in [5.41, 5.74) is 4.67. The third-order valence-electron chi connectivity index (χ3n) is 2.93. The predicted octanol–water partition coefficient (Wildman–Crippen LogP) is 2.17. The van der Waals surface area contributed by atoms with Crippen molar-refractivity contribution in [2.24, 2.45) is 0 Å². The number of methoxy groups -OCH3 is 2. The quantitative estimate of drug-likeness (QED) is 0.836. The fourth-order valence-corrected chi connectivity index (χ4v) is 1.93. The van der Waals surface area contributed by atoms with E-state index in [0.717, 1.165) is 12.1 Å². The molecule has 0 amide bonds. The summed E-state index contributed by atoms with van der Waals surface area (Å²) in [7, 11) is 3.05. The molecule has 0 spiro atoms. The molecule has 0 aromatic carbocycles. The summed E-state index contributed by atoms with van der Waals surface area (Å²) in [5.74, 6) is -0.0178. The van der Waals surface area contributed by atoms with Crippen LogP contribution in [0.5, 0.6) is 0 Å². The summed E-state index contributed by atoms with van der Waals surface area (Å²) in [4.78, 5) is 5.68. The van der Waals surface area contributed by atoms with E-state index in [1.807, 2.05) is 6.92 Å². The van der Waals surface area contributed by atoms with Crippen LogP contribution in [0.2, 0.25) is 0 Å². The Balaban J connectivity index is 3.14. The van der Waals surface area contributed by atoms with Gasteiger partial charge in [-0.1, -0.05) is 0 Å². The minimum atomic E-state index is -4.47. The van der Waals surface area contributed by atoms with Gasteiger partial charge in [0.15, 0.2) is 0 Å². The highest BCUT2D eigenvalue weighted by Gasteiger charge is 2.32. The van der Waals surface area contributed by atoms with Gasteiger partial charge >= 0.3 is 6.18 Å². The minimum absolute atomic E-state index is 0.156. The van der Waals surface area contributed by atoms with Gasteiger partial charge in [-0.25, -0.2) is 4.98 Å². The number of ether oxygens (including phenoxy) is 2. The van der Waals surface area contributed by atoms with Gasteiger partial charge in [-0.2, -0.15) is 13.2 Å². The summed E-state index contributed by atoms with van der Waals surface area (Å²) in [6.07, 6.45) is -4.47. The van der Waals surface area contributed by atoms with Crippen LogP contribution >= 0.6 is 0 Å². The van der Waals surface area contributed by atoms with Crippen molar-refractivity contribution in [3.05, 3.63) is 17.7 Å². The lowest BCUT2D eigenvalue weighted by atomic mass is 10.2. The number of rotatable bonds is 7. The van der Waals surface area contributed by atoms with E-state index in [9.17, 15) is 13.2 Å². The van der Waals surface area contributed by atoms with Crippen LogP contribution in [0.4, 0.5) is 24.8 Å². The number of pyridine rings is 1. The van der Waals surface area contributed by atoms with Gasteiger partial charge in [0.1, 0.15) is 11.6 Å². The molecule has 1 aromatic rings. The van der Waals surface area contributed by atoms with Crippen LogP contribution in [-0.4, -0.2) is 45.0 Å². The number of nitrogens with two attached hydrogens (primary N) is 1. The van der Waals surface area contributed by atoms with Gasteiger partial charge in [-0.05, 0) is 19.1 Å². The van der Waals surface area contributed by atoms with Crippen LogP contribution in [0.15, 0.2) is 12.1 Å². The number of aromatic nitrogens is 1. The standard InChI is InChI=1S/C13H20F3N3O2/c1-9(8-21-3)19(4-5-20-2)12-7-10(13(14,15)16)6-11(17)18-12/h6-7,9H,4-5,8H2,1-3H3,(H2,17,18). The molecule has 1 unspecified atom stereocenters. The lowest BCUT2D eigenvalue weighted by Gasteiger charge is -2.30. The van der Waals surface area contributed by atoms with E-state index in [0.29, 0.717) is 19.8 Å². The Kier molecular flexibility index (Phi) is 6.22. The first-order chi connectivity index (χ1) is 9.79. The average molecular weight is 307 g/mol. The van der Waals surface area contributed by atoms with Crippen molar-refractivity contribution in [1.82, 2.24) is 4.98 Å². The molecule has 5 nitrogen and oxygen atoms in total. The molecule has 0 radical (unpaired) electrons. The van der Waals surface area contributed by atoms with E-state index in [2.05, 4.69) is 4.98 Å². The first kappa shape index (κ1) is 17.5. The van der Waals surface area contributed by atoms with E-state index in [-0.39, 0.29) is 17.7 Å². The number of nitrogen functional groups attached to an aromatic ring is 1. The second-order valence-corrected chi connectivity index (χ2v) is 4.63. The van der Waals surface area contributed by atoms with Crippen molar-refractivity contribution in [2.75, 3.05) is 44.6 Å². The fraction of sp³-hybridized carbons (Fsp3) is 0.615. The van der Waals surface area contributed by atoms with Crippen LogP contribution in [0, 0.1) is 0 Å². The number of hydrogen-bond donors (Lipinski definition) is 1. The Morgan fingerprint density at radius 3 is 2.48 bits per heavy atom. The Bertz CT molecular complexity index is 455. The molecule has 8 heteroatoms. The van der Waals surface area contributed by atoms with E-state index < -0.39 is 11.7 Å². The minimum Gasteiger partial charge on any atom is -0.384 e. The largest absolute Gasteiger partial charge is 0.416 e. The van der Waals surface area contributed by atoms with Crippen molar-refractivity contribution in [3.63, 3.8) is 0 Å². The molecule has 0 aliphatic heterocycles. The van der Waals surface area contributed by atoms with E-state index in [4.69, 9.17) is 15.2 Å². The smallest absolute Gasteiger partial charge is 0.384 e. The second kappa shape index (κ2) is 7.46. The number of halogens is 3. The van der Waals surface area contributed by atoms with Gasteiger partial charge < -0.3 is 20.1 Å². The van der Waals surface area contributed by atoms with Crippen molar-refractivity contribution < 1.29 is 22.6 Å². The number of anilines is 2. The van der Waals surface area contributed by atoms with Crippen LogP contribution in [0.1, 0.15) is 12.5 Å². The van der Waals surface area contributed by atoms with Crippen LogP contribution in [0.25, 0.3) is 0 Å². The molecule has 120 valence electrons. The van der Waals surface area contributed by atoms with E-state index >= 15 is 0 Å². The normalized spacial score (nSPS) is 13.2. The van der Waals surface area contributed by atoms with Crippen LogP contribution in [-0.2, 0) is 15.7 Å². The topological polar surface area (TPSA) is 60.6 Å². The lowest BCUT2D eigenvalue weighted by molar-refractivity contribution is -0.137. The maximum absolute atomic E-state index is 12.9. The molecule has 0 aliphatic rings. The molecule has 0 saturated heterocycles. The highest BCUT2D eigenvalue weighted by atomic mass is 19.4. The highest BCUT2D eigenvalue weighted by Crippen LogP contribution is 2.32. The molecule has 0 saturated carbocycles. The monoisotopic (exact) mass is 307 g/mol. The Labute approximate surface area is 121 Å². The van der Waals surface area contributed by atoms with E-state index in [1.165, 1.54) is 14.2 Å². The van der Waals surface area contributed by atoms with Crippen molar-refractivity contribution in [3.8, 4) is 0 Å². The predicted molar refractivity (Wildman–Crippen MR) is 74.2 cm³/mol. The zero-order valence-electron chi connectivity index (χ0n) is 12.3. The maximum Gasteiger partial charge on any atom is 0.416 e. The van der Waals surface area contributed by atoms with Gasteiger partial charge in [0.2, 0.25) is 0 Å². The summed E-state index contributed by atoms with van der Waals surface area (Å²) < 4.78 is 48.6. The first-order valence-corrected chi connectivity index (χ1v) is 6.39. The lowest BCUT2D eigenvalue weighted by Crippen LogP contribution is -2.39.